The predicted molar refractivity (Wildman–Crippen MR) is 73.9 cm³/mol. The average Bonchev–Trinajstić information content (AvgIpc) is 2.33. The molecule has 0 aromatic carbocycles. The van der Waals surface area contributed by atoms with Gasteiger partial charge in [0.25, 0.3) is 0 Å². The summed E-state index contributed by atoms with van der Waals surface area (Å²) in [6, 6.07) is 0.672. The number of rotatable bonds is 3. The highest BCUT2D eigenvalue weighted by molar-refractivity contribution is 4.86. The topological polar surface area (TPSA) is 29.3 Å². The number of nitrogens with two attached hydrogens (primary N) is 1. The molecule has 2 N–H and O–H groups in total. The Morgan fingerprint density at radius 2 is 1.76 bits per heavy atom. The smallest absolute Gasteiger partial charge is 0.0246 e. The van der Waals surface area contributed by atoms with Crippen LogP contribution in [-0.4, -0.2) is 30.6 Å². The molecule has 0 aromatic heterocycles. The van der Waals surface area contributed by atoms with Crippen LogP contribution in [-0.2, 0) is 0 Å². The maximum Gasteiger partial charge on any atom is 0.0246 e. The van der Waals surface area contributed by atoms with Crippen LogP contribution in [0, 0.1) is 17.8 Å². The van der Waals surface area contributed by atoms with Gasteiger partial charge in [0.15, 0.2) is 0 Å². The highest BCUT2D eigenvalue weighted by Gasteiger charge is 2.31. The Balaban J connectivity index is 1.90. The maximum absolute atomic E-state index is 6.07. The number of piperidine rings is 1. The number of likely N-dealkylation sites (tertiary alicyclic amines) is 1. The van der Waals surface area contributed by atoms with E-state index >= 15 is 0 Å². The van der Waals surface area contributed by atoms with Gasteiger partial charge in [-0.25, -0.2) is 0 Å². The summed E-state index contributed by atoms with van der Waals surface area (Å²) in [6.45, 7) is 8.24. The molecule has 0 bridgehead atoms. The fraction of sp³-hybridized carbons (Fsp3) is 1.00. The Hall–Kier alpha value is -0.0800. The summed E-state index contributed by atoms with van der Waals surface area (Å²) in [5.74, 6) is 2.72. The Morgan fingerprint density at radius 1 is 1.06 bits per heavy atom. The van der Waals surface area contributed by atoms with Crippen molar-refractivity contribution in [1.29, 1.82) is 0 Å². The van der Waals surface area contributed by atoms with Gasteiger partial charge >= 0.3 is 0 Å². The van der Waals surface area contributed by atoms with Crippen LogP contribution < -0.4 is 5.73 Å². The molecule has 0 aromatic rings. The second-order valence-electron chi connectivity index (χ2n) is 6.55. The summed E-state index contributed by atoms with van der Waals surface area (Å²) < 4.78 is 0. The third-order valence-electron chi connectivity index (χ3n) is 5.05. The lowest BCUT2D eigenvalue weighted by molar-refractivity contribution is 0.0773. The molecule has 2 heteroatoms. The first-order valence-electron chi connectivity index (χ1n) is 7.64. The zero-order valence-electron chi connectivity index (χ0n) is 11.7. The van der Waals surface area contributed by atoms with E-state index in [0.717, 1.165) is 24.3 Å². The maximum atomic E-state index is 6.07. The van der Waals surface area contributed by atoms with Gasteiger partial charge in [-0.2, -0.15) is 0 Å². The lowest BCUT2D eigenvalue weighted by Crippen LogP contribution is -2.49. The van der Waals surface area contributed by atoms with E-state index in [1.807, 2.05) is 0 Å². The SMILES string of the molecule is CC1CCN(C(CN)C2CCCC(C)C2)CC1. The lowest BCUT2D eigenvalue weighted by atomic mass is 9.77. The quantitative estimate of drug-likeness (QED) is 0.819. The van der Waals surface area contributed by atoms with Crippen molar-refractivity contribution in [3.05, 3.63) is 0 Å². The van der Waals surface area contributed by atoms with Crippen molar-refractivity contribution in [2.24, 2.45) is 23.5 Å². The molecule has 3 atom stereocenters. The van der Waals surface area contributed by atoms with Crippen molar-refractivity contribution < 1.29 is 0 Å². The first-order chi connectivity index (χ1) is 8.20. The molecule has 3 unspecified atom stereocenters. The van der Waals surface area contributed by atoms with Gasteiger partial charge < -0.3 is 5.73 Å². The summed E-state index contributed by atoms with van der Waals surface area (Å²) in [6.07, 6.45) is 8.43. The monoisotopic (exact) mass is 238 g/mol. The van der Waals surface area contributed by atoms with Gasteiger partial charge in [0.2, 0.25) is 0 Å². The molecule has 2 aliphatic rings. The summed E-state index contributed by atoms with van der Waals surface area (Å²) in [7, 11) is 0. The van der Waals surface area contributed by atoms with E-state index in [1.54, 1.807) is 0 Å². The third kappa shape index (κ3) is 3.45. The summed E-state index contributed by atoms with van der Waals surface area (Å²) >= 11 is 0. The molecule has 2 nitrogen and oxygen atoms in total. The molecule has 1 aliphatic carbocycles. The van der Waals surface area contributed by atoms with Crippen LogP contribution in [0.15, 0.2) is 0 Å². The summed E-state index contributed by atoms with van der Waals surface area (Å²) in [4.78, 5) is 2.70. The molecule has 17 heavy (non-hydrogen) atoms. The van der Waals surface area contributed by atoms with E-state index in [-0.39, 0.29) is 0 Å². The van der Waals surface area contributed by atoms with Crippen LogP contribution >= 0.6 is 0 Å². The molecular weight excluding hydrogens is 208 g/mol. The largest absolute Gasteiger partial charge is 0.329 e. The molecule has 100 valence electrons. The van der Waals surface area contributed by atoms with Gasteiger partial charge in [0, 0.05) is 12.6 Å². The van der Waals surface area contributed by atoms with Crippen LogP contribution in [0.25, 0.3) is 0 Å². The highest BCUT2D eigenvalue weighted by Crippen LogP contribution is 2.33. The first-order valence-corrected chi connectivity index (χ1v) is 7.64. The molecule has 0 amide bonds. The molecule has 2 fully saturated rings. The Kier molecular flexibility index (Phi) is 4.87. The van der Waals surface area contributed by atoms with Gasteiger partial charge in [-0.3, -0.25) is 4.90 Å². The standard InChI is InChI=1S/C15H30N2/c1-12-6-8-17(9-7-12)15(11-16)14-5-3-4-13(2)10-14/h12-15H,3-11,16H2,1-2H3. The van der Waals surface area contributed by atoms with Gasteiger partial charge in [0.1, 0.15) is 0 Å². The van der Waals surface area contributed by atoms with Crippen molar-refractivity contribution in [2.45, 2.75) is 58.4 Å². The van der Waals surface area contributed by atoms with Crippen molar-refractivity contribution >= 4 is 0 Å². The van der Waals surface area contributed by atoms with Gasteiger partial charge in [-0.1, -0.05) is 26.7 Å². The van der Waals surface area contributed by atoms with E-state index in [2.05, 4.69) is 18.7 Å². The fourth-order valence-electron chi connectivity index (χ4n) is 3.83. The normalized spacial score (nSPS) is 34.8. The van der Waals surface area contributed by atoms with Gasteiger partial charge in [-0.15, -0.1) is 0 Å². The summed E-state index contributed by atoms with van der Waals surface area (Å²) in [5, 5.41) is 0. The third-order valence-corrected chi connectivity index (χ3v) is 5.05. The Labute approximate surface area is 107 Å². The van der Waals surface area contributed by atoms with E-state index in [1.165, 1.54) is 51.6 Å². The van der Waals surface area contributed by atoms with Gasteiger partial charge in [0.05, 0.1) is 0 Å². The molecule has 1 aliphatic heterocycles. The molecule has 1 saturated heterocycles. The number of hydrogen-bond donors (Lipinski definition) is 1. The predicted octanol–water partition coefficient (Wildman–Crippen LogP) is 2.87. The molecule has 1 saturated carbocycles. The van der Waals surface area contributed by atoms with E-state index in [9.17, 15) is 0 Å². The molecular formula is C15H30N2. The average molecular weight is 238 g/mol. The molecule has 1 heterocycles. The fourth-order valence-corrected chi connectivity index (χ4v) is 3.83. The zero-order chi connectivity index (χ0) is 12.3. The van der Waals surface area contributed by atoms with Gasteiger partial charge in [-0.05, 0) is 56.5 Å². The second-order valence-corrected chi connectivity index (χ2v) is 6.55. The highest BCUT2D eigenvalue weighted by atomic mass is 15.2. The zero-order valence-corrected chi connectivity index (χ0v) is 11.7. The number of nitrogens with zero attached hydrogens (tertiary/aromatic N) is 1. The first kappa shape index (κ1) is 13.4. The van der Waals surface area contributed by atoms with Crippen LogP contribution in [0.1, 0.15) is 52.4 Å². The summed E-state index contributed by atoms with van der Waals surface area (Å²) in [5.41, 5.74) is 6.07. The van der Waals surface area contributed by atoms with Crippen molar-refractivity contribution in [2.75, 3.05) is 19.6 Å². The molecule has 0 radical (unpaired) electrons. The van der Waals surface area contributed by atoms with Crippen LogP contribution in [0.4, 0.5) is 0 Å². The minimum Gasteiger partial charge on any atom is -0.329 e. The van der Waals surface area contributed by atoms with Crippen LogP contribution in [0.2, 0.25) is 0 Å². The van der Waals surface area contributed by atoms with E-state index in [4.69, 9.17) is 5.73 Å². The minimum absolute atomic E-state index is 0.672. The Bertz CT molecular complexity index is 221. The lowest BCUT2D eigenvalue weighted by Gasteiger charge is -2.42. The number of hydrogen-bond acceptors (Lipinski definition) is 2. The van der Waals surface area contributed by atoms with Crippen molar-refractivity contribution in [3.8, 4) is 0 Å². The van der Waals surface area contributed by atoms with Crippen molar-refractivity contribution in [3.63, 3.8) is 0 Å². The van der Waals surface area contributed by atoms with Crippen molar-refractivity contribution in [1.82, 2.24) is 4.90 Å². The molecule has 0 spiro atoms. The minimum atomic E-state index is 0.672. The molecule has 2 rings (SSSR count). The van der Waals surface area contributed by atoms with E-state index in [0.29, 0.717) is 6.04 Å². The second kappa shape index (κ2) is 6.19. The van der Waals surface area contributed by atoms with Crippen LogP contribution in [0.5, 0.6) is 0 Å². The van der Waals surface area contributed by atoms with E-state index < -0.39 is 0 Å². The van der Waals surface area contributed by atoms with Crippen LogP contribution in [0.3, 0.4) is 0 Å². The Morgan fingerprint density at radius 3 is 2.35 bits per heavy atom.